The maximum absolute atomic E-state index is 12.7. The lowest BCUT2D eigenvalue weighted by atomic mass is 9.99. The fraction of sp³-hybridized carbons (Fsp3) is 0. The summed E-state index contributed by atoms with van der Waals surface area (Å²) in [5, 5.41) is 8.28. The number of primary sulfonamides is 1. The highest BCUT2D eigenvalue weighted by atomic mass is 35.5. The number of benzene rings is 2. The van der Waals surface area contributed by atoms with Gasteiger partial charge >= 0.3 is 0 Å². The number of halogens is 1. The van der Waals surface area contributed by atoms with E-state index in [0.29, 0.717) is 27.4 Å². The van der Waals surface area contributed by atoms with Crippen LogP contribution in [0.15, 0.2) is 71.9 Å². The summed E-state index contributed by atoms with van der Waals surface area (Å²) in [5.74, 6) is -0.356. The highest BCUT2D eigenvalue weighted by molar-refractivity contribution is 7.89. The Kier molecular flexibility index (Phi) is 5.03. The molecular formula is C18H14ClN3O3S. The predicted molar refractivity (Wildman–Crippen MR) is 100 cm³/mol. The van der Waals surface area contributed by atoms with Gasteiger partial charge in [0.2, 0.25) is 10.0 Å². The van der Waals surface area contributed by atoms with Gasteiger partial charge in [0.15, 0.2) is 0 Å². The van der Waals surface area contributed by atoms with Crippen LogP contribution < -0.4 is 10.5 Å². The smallest absolute Gasteiger partial charge is 0.256 e. The monoisotopic (exact) mass is 387 g/mol. The molecule has 0 saturated heterocycles. The Morgan fingerprint density at radius 3 is 2.42 bits per heavy atom. The Hall–Kier alpha value is -2.74. The van der Waals surface area contributed by atoms with Crippen molar-refractivity contribution in [3.05, 3.63) is 77.6 Å². The number of hydrogen-bond donors (Lipinski definition) is 2. The molecule has 1 amide bonds. The van der Waals surface area contributed by atoms with E-state index < -0.39 is 10.0 Å². The fourth-order valence-corrected chi connectivity index (χ4v) is 3.10. The average molecular weight is 388 g/mol. The topological polar surface area (TPSA) is 102 Å². The first-order valence-electron chi connectivity index (χ1n) is 7.49. The molecule has 6 nitrogen and oxygen atoms in total. The van der Waals surface area contributed by atoms with Crippen molar-refractivity contribution in [3.8, 4) is 11.1 Å². The molecule has 0 saturated carbocycles. The number of carbonyl (C=O) groups excluding carboxylic acids is 1. The van der Waals surface area contributed by atoms with Crippen molar-refractivity contribution in [1.82, 2.24) is 4.98 Å². The van der Waals surface area contributed by atoms with Crippen LogP contribution in [0.4, 0.5) is 5.69 Å². The zero-order valence-corrected chi connectivity index (χ0v) is 15.0. The molecule has 132 valence electrons. The minimum absolute atomic E-state index is 0.00317. The zero-order chi connectivity index (χ0) is 18.7. The summed E-state index contributed by atoms with van der Waals surface area (Å²) < 4.78 is 22.8. The van der Waals surface area contributed by atoms with Gasteiger partial charge in [-0.3, -0.25) is 9.78 Å². The highest BCUT2D eigenvalue weighted by Crippen LogP contribution is 2.28. The summed E-state index contributed by atoms with van der Waals surface area (Å²) in [6, 6.07) is 14.3. The van der Waals surface area contributed by atoms with Gasteiger partial charge in [0.05, 0.1) is 16.8 Å². The Bertz CT molecular complexity index is 1050. The van der Waals surface area contributed by atoms with E-state index in [0.717, 1.165) is 0 Å². The van der Waals surface area contributed by atoms with Crippen LogP contribution in [0.3, 0.4) is 0 Å². The molecule has 0 radical (unpaired) electrons. The van der Waals surface area contributed by atoms with Gasteiger partial charge in [-0.1, -0.05) is 29.8 Å². The van der Waals surface area contributed by atoms with Crippen molar-refractivity contribution in [1.29, 1.82) is 0 Å². The molecule has 8 heteroatoms. The predicted octanol–water partition coefficient (Wildman–Crippen LogP) is 3.30. The van der Waals surface area contributed by atoms with Gasteiger partial charge in [-0.05, 0) is 47.5 Å². The third kappa shape index (κ3) is 4.08. The molecule has 3 rings (SSSR count). The zero-order valence-electron chi connectivity index (χ0n) is 13.4. The lowest BCUT2D eigenvalue weighted by Crippen LogP contribution is -2.13. The molecule has 3 aromatic rings. The Morgan fingerprint density at radius 2 is 1.81 bits per heavy atom. The maximum atomic E-state index is 12.7. The molecule has 3 N–H and O–H groups in total. The number of aromatic nitrogens is 1. The van der Waals surface area contributed by atoms with Gasteiger partial charge in [-0.25, -0.2) is 13.6 Å². The van der Waals surface area contributed by atoms with E-state index in [4.69, 9.17) is 16.7 Å². The van der Waals surface area contributed by atoms with Gasteiger partial charge in [0, 0.05) is 16.8 Å². The molecule has 0 atom stereocenters. The van der Waals surface area contributed by atoms with Crippen molar-refractivity contribution >= 4 is 33.2 Å². The molecular weight excluding hydrogens is 374 g/mol. The number of nitrogens with one attached hydrogen (secondary N) is 1. The van der Waals surface area contributed by atoms with Gasteiger partial charge in [0.25, 0.3) is 5.91 Å². The SMILES string of the molecule is NS(=O)(=O)c1ccc(-c2ccc(Cl)cc2C(=O)Nc2cccnc2)cc1. The van der Waals surface area contributed by atoms with Crippen LogP contribution in [0.1, 0.15) is 10.4 Å². The van der Waals surface area contributed by atoms with Gasteiger partial charge in [0.1, 0.15) is 0 Å². The molecule has 0 unspecified atom stereocenters. The second kappa shape index (κ2) is 7.25. The number of nitrogens with zero attached hydrogens (tertiary/aromatic N) is 1. The molecule has 0 aliphatic rings. The summed E-state index contributed by atoms with van der Waals surface area (Å²) in [5.41, 5.74) is 2.17. The van der Waals surface area contributed by atoms with Crippen molar-refractivity contribution in [2.24, 2.45) is 5.14 Å². The fourth-order valence-electron chi connectivity index (χ4n) is 2.42. The quantitative estimate of drug-likeness (QED) is 0.716. The minimum atomic E-state index is -3.78. The van der Waals surface area contributed by atoms with Crippen LogP contribution in [0, 0.1) is 0 Å². The molecule has 1 aromatic heterocycles. The summed E-state index contributed by atoms with van der Waals surface area (Å²) in [4.78, 5) is 16.6. The normalized spacial score (nSPS) is 11.2. The molecule has 0 aliphatic carbocycles. The number of rotatable bonds is 4. The van der Waals surface area contributed by atoms with E-state index >= 15 is 0 Å². The second-order valence-electron chi connectivity index (χ2n) is 5.46. The first-order chi connectivity index (χ1) is 12.3. The number of anilines is 1. The summed E-state index contributed by atoms with van der Waals surface area (Å²) in [6.45, 7) is 0. The minimum Gasteiger partial charge on any atom is -0.321 e. The largest absolute Gasteiger partial charge is 0.321 e. The van der Waals surface area contributed by atoms with E-state index in [1.807, 2.05) is 0 Å². The molecule has 26 heavy (non-hydrogen) atoms. The molecule has 0 spiro atoms. The second-order valence-corrected chi connectivity index (χ2v) is 7.45. The van der Waals surface area contributed by atoms with E-state index in [-0.39, 0.29) is 10.8 Å². The standard InChI is InChI=1S/C18H14ClN3O3S/c19-13-5-8-16(12-3-6-15(7-4-12)26(20,24)25)17(10-13)18(23)22-14-2-1-9-21-11-14/h1-11H,(H,22,23)(H2,20,24,25). The number of nitrogens with two attached hydrogens (primary N) is 1. The van der Waals surface area contributed by atoms with Crippen molar-refractivity contribution < 1.29 is 13.2 Å². The highest BCUT2D eigenvalue weighted by Gasteiger charge is 2.15. The molecule has 0 bridgehead atoms. The molecule has 0 fully saturated rings. The average Bonchev–Trinajstić information content (AvgIpc) is 2.62. The van der Waals surface area contributed by atoms with Crippen molar-refractivity contribution in [2.75, 3.05) is 5.32 Å². The van der Waals surface area contributed by atoms with Gasteiger partial charge in [-0.2, -0.15) is 0 Å². The van der Waals surface area contributed by atoms with Crippen LogP contribution in [0.2, 0.25) is 5.02 Å². The number of amides is 1. The third-order valence-electron chi connectivity index (χ3n) is 3.64. The summed E-state index contributed by atoms with van der Waals surface area (Å²) in [7, 11) is -3.78. The number of pyridine rings is 1. The van der Waals surface area contributed by atoms with Crippen LogP contribution in [0.25, 0.3) is 11.1 Å². The number of carbonyl (C=O) groups is 1. The van der Waals surface area contributed by atoms with Crippen LogP contribution in [-0.4, -0.2) is 19.3 Å². The first-order valence-corrected chi connectivity index (χ1v) is 9.41. The molecule has 0 aliphatic heterocycles. The van der Waals surface area contributed by atoms with E-state index in [2.05, 4.69) is 10.3 Å². The Balaban J connectivity index is 1.99. The van der Waals surface area contributed by atoms with Crippen molar-refractivity contribution in [2.45, 2.75) is 4.90 Å². The first kappa shape index (κ1) is 18.1. The Labute approximate surface area is 155 Å². The molecule has 2 aromatic carbocycles. The van der Waals surface area contributed by atoms with Gasteiger partial charge < -0.3 is 5.32 Å². The van der Waals surface area contributed by atoms with Crippen LogP contribution >= 0.6 is 11.6 Å². The summed E-state index contributed by atoms with van der Waals surface area (Å²) in [6.07, 6.45) is 3.14. The van der Waals surface area contributed by atoms with Crippen LogP contribution in [0.5, 0.6) is 0 Å². The number of hydrogen-bond acceptors (Lipinski definition) is 4. The van der Waals surface area contributed by atoms with Crippen molar-refractivity contribution in [3.63, 3.8) is 0 Å². The lowest BCUT2D eigenvalue weighted by Gasteiger charge is -2.11. The van der Waals surface area contributed by atoms with Crippen LogP contribution in [-0.2, 0) is 10.0 Å². The number of sulfonamides is 1. The molecule has 1 heterocycles. The lowest BCUT2D eigenvalue weighted by molar-refractivity contribution is 0.102. The summed E-state index contributed by atoms with van der Waals surface area (Å²) >= 11 is 6.05. The van der Waals surface area contributed by atoms with E-state index in [1.165, 1.54) is 18.3 Å². The maximum Gasteiger partial charge on any atom is 0.256 e. The van der Waals surface area contributed by atoms with E-state index in [9.17, 15) is 13.2 Å². The van der Waals surface area contributed by atoms with E-state index in [1.54, 1.807) is 48.7 Å². The third-order valence-corrected chi connectivity index (χ3v) is 4.80. The Morgan fingerprint density at radius 1 is 1.08 bits per heavy atom. The van der Waals surface area contributed by atoms with Gasteiger partial charge in [-0.15, -0.1) is 0 Å².